The lowest BCUT2D eigenvalue weighted by Gasteiger charge is -2.31. The number of anilines is 1. The summed E-state index contributed by atoms with van der Waals surface area (Å²) < 4.78 is 31.1. The first-order valence-electron chi connectivity index (χ1n) is 15.5. The maximum Gasteiger partial charge on any atom is 0.411 e. The van der Waals surface area contributed by atoms with Crippen LogP contribution in [0.5, 0.6) is 0 Å². The summed E-state index contributed by atoms with van der Waals surface area (Å²) in [6.45, 7) is 4.32. The molecule has 1 saturated heterocycles. The van der Waals surface area contributed by atoms with E-state index < -0.39 is 15.9 Å². The fraction of sp³-hybridized carbons (Fsp3) is 0.222. The SMILES string of the molecule is Cc1cc2ncc3cc(-c4ccccc4)c(-c4ccc(CN5CCC(OC(=O)Nc6cccc(S(C)(=O)=O)c6)CC5)cc4)nc3n2n1. The van der Waals surface area contributed by atoms with Crippen LogP contribution in [0.2, 0.25) is 0 Å². The minimum atomic E-state index is -3.37. The number of carbonyl (C=O) groups is 1. The summed E-state index contributed by atoms with van der Waals surface area (Å²) in [5.41, 5.74) is 8.01. The van der Waals surface area contributed by atoms with E-state index in [2.05, 4.69) is 62.8 Å². The summed E-state index contributed by atoms with van der Waals surface area (Å²) in [5, 5.41) is 8.22. The van der Waals surface area contributed by atoms with Gasteiger partial charge in [0.1, 0.15) is 6.10 Å². The number of hydrogen-bond acceptors (Lipinski definition) is 8. The molecule has 7 rings (SSSR count). The van der Waals surface area contributed by atoms with E-state index in [1.165, 1.54) is 17.7 Å². The maximum atomic E-state index is 12.5. The second-order valence-electron chi connectivity index (χ2n) is 12.0. The molecule has 0 aliphatic carbocycles. The molecule has 0 atom stereocenters. The Bertz CT molecular complexity index is 2190. The number of nitrogens with zero attached hydrogens (tertiary/aromatic N) is 5. The molecule has 0 radical (unpaired) electrons. The summed E-state index contributed by atoms with van der Waals surface area (Å²) in [7, 11) is -3.37. The van der Waals surface area contributed by atoms with Crippen LogP contribution in [0.1, 0.15) is 24.1 Å². The van der Waals surface area contributed by atoms with Gasteiger partial charge in [-0.15, -0.1) is 0 Å². The van der Waals surface area contributed by atoms with Crippen molar-refractivity contribution in [2.24, 2.45) is 0 Å². The van der Waals surface area contributed by atoms with Crippen molar-refractivity contribution in [2.45, 2.75) is 37.3 Å². The number of rotatable bonds is 7. The number of hydrogen-bond donors (Lipinski definition) is 1. The molecule has 0 spiro atoms. The third kappa shape index (κ3) is 6.72. The Kier molecular flexibility index (Phi) is 8.17. The van der Waals surface area contributed by atoms with Gasteiger partial charge in [0.05, 0.1) is 16.3 Å². The molecule has 1 aliphatic rings. The van der Waals surface area contributed by atoms with E-state index in [4.69, 9.17) is 9.72 Å². The van der Waals surface area contributed by atoms with Gasteiger partial charge in [-0.05, 0) is 55.2 Å². The minimum absolute atomic E-state index is 0.144. The molecule has 1 amide bonds. The zero-order valence-corrected chi connectivity index (χ0v) is 26.9. The molecule has 1 aliphatic heterocycles. The number of benzene rings is 3. The number of aromatic nitrogens is 4. The van der Waals surface area contributed by atoms with Crippen molar-refractivity contribution < 1.29 is 17.9 Å². The summed E-state index contributed by atoms with van der Waals surface area (Å²) in [5.74, 6) is 0. The van der Waals surface area contributed by atoms with E-state index in [1.54, 1.807) is 12.1 Å². The van der Waals surface area contributed by atoms with Gasteiger partial charge in [-0.2, -0.15) is 9.61 Å². The Morgan fingerprint density at radius 3 is 2.45 bits per heavy atom. The van der Waals surface area contributed by atoms with E-state index >= 15 is 0 Å². The van der Waals surface area contributed by atoms with E-state index in [9.17, 15) is 13.2 Å². The molecular formula is C36H34N6O4S. The Morgan fingerprint density at radius 1 is 0.936 bits per heavy atom. The normalized spacial score (nSPS) is 14.4. The van der Waals surface area contributed by atoms with Crippen LogP contribution in [-0.4, -0.2) is 64.4 Å². The van der Waals surface area contributed by atoms with Gasteiger partial charge in [-0.1, -0.05) is 60.7 Å². The summed E-state index contributed by atoms with van der Waals surface area (Å²) in [4.78, 5) is 24.8. The number of aryl methyl sites for hydroxylation is 1. The standard InChI is InChI=1S/C36H34N6O4S/c1-24-19-33-37-22-28-20-32(26-7-4-3-5-8-26)34(39-35(28)42(33)40-24)27-13-11-25(12-14-27)23-41-17-15-30(16-18-41)46-36(43)38-29-9-6-10-31(21-29)47(2,44)45/h3-14,19-22,30H,15-18,23H2,1-2H3,(H,38,43). The highest BCUT2D eigenvalue weighted by atomic mass is 32.2. The third-order valence-corrected chi connectivity index (χ3v) is 9.53. The van der Waals surface area contributed by atoms with Crippen molar-refractivity contribution in [2.75, 3.05) is 24.7 Å². The number of piperidine rings is 1. The molecule has 4 heterocycles. The number of sulfone groups is 1. The lowest BCUT2D eigenvalue weighted by Crippen LogP contribution is -2.38. The fourth-order valence-corrected chi connectivity index (χ4v) is 6.69. The molecule has 0 saturated carbocycles. The van der Waals surface area contributed by atoms with Crippen LogP contribution >= 0.6 is 0 Å². The first-order chi connectivity index (χ1) is 22.7. The maximum absolute atomic E-state index is 12.5. The Morgan fingerprint density at radius 2 is 1.70 bits per heavy atom. The van der Waals surface area contributed by atoms with Crippen LogP contribution < -0.4 is 5.32 Å². The Labute approximate surface area is 273 Å². The predicted octanol–water partition coefficient (Wildman–Crippen LogP) is 6.54. The molecule has 238 valence electrons. The van der Waals surface area contributed by atoms with Gasteiger partial charge in [-0.3, -0.25) is 10.2 Å². The van der Waals surface area contributed by atoms with Gasteiger partial charge >= 0.3 is 6.09 Å². The topological polar surface area (TPSA) is 119 Å². The van der Waals surface area contributed by atoms with E-state index in [0.717, 1.165) is 70.6 Å². The number of nitrogens with one attached hydrogen (secondary N) is 1. The van der Waals surface area contributed by atoms with Crippen molar-refractivity contribution in [1.82, 2.24) is 24.5 Å². The van der Waals surface area contributed by atoms with Gasteiger partial charge in [0.15, 0.2) is 21.1 Å². The number of amides is 1. The van der Waals surface area contributed by atoms with Crippen LogP contribution in [0.15, 0.2) is 102 Å². The van der Waals surface area contributed by atoms with E-state index in [-0.39, 0.29) is 11.0 Å². The van der Waals surface area contributed by atoms with Crippen molar-refractivity contribution in [3.05, 3.63) is 108 Å². The monoisotopic (exact) mass is 646 g/mol. The van der Waals surface area contributed by atoms with Crippen LogP contribution in [0.4, 0.5) is 10.5 Å². The first-order valence-corrected chi connectivity index (χ1v) is 17.4. The molecule has 47 heavy (non-hydrogen) atoms. The van der Waals surface area contributed by atoms with Crippen LogP contribution in [0.25, 0.3) is 39.1 Å². The van der Waals surface area contributed by atoms with E-state index in [1.807, 2.05) is 41.9 Å². The number of pyridine rings is 1. The number of ether oxygens (including phenoxy) is 1. The van der Waals surface area contributed by atoms with Crippen LogP contribution in [0, 0.1) is 6.92 Å². The molecule has 0 unspecified atom stereocenters. The van der Waals surface area contributed by atoms with Crippen LogP contribution in [0.3, 0.4) is 0 Å². The smallest absolute Gasteiger partial charge is 0.411 e. The predicted molar refractivity (Wildman–Crippen MR) is 182 cm³/mol. The molecule has 1 N–H and O–H groups in total. The number of likely N-dealkylation sites (tertiary alicyclic amines) is 1. The first kappa shape index (κ1) is 30.5. The fourth-order valence-electron chi connectivity index (χ4n) is 6.03. The number of carbonyl (C=O) groups excluding carboxylic acids is 1. The van der Waals surface area contributed by atoms with Gasteiger partial charge in [0.25, 0.3) is 0 Å². The lowest BCUT2D eigenvalue weighted by atomic mass is 9.97. The quantitative estimate of drug-likeness (QED) is 0.208. The van der Waals surface area contributed by atoms with Crippen molar-refractivity contribution in [1.29, 1.82) is 0 Å². The highest BCUT2D eigenvalue weighted by molar-refractivity contribution is 7.90. The average molecular weight is 647 g/mol. The zero-order valence-electron chi connectivity index (χ0n) is 26.1. The second-order valence-corrected chi connectivity index (χ2v) is 14.0. The molecular weight excluding hydrogens is 613 g/mol. The minimum Gasteiger partial charge on any atom is -0.446 e. The Balaban J connectivity index is 1.03. The lowest BCUT2D eigenvalue weighted by molar-refractivity contribution is 0.0567. The molecule has 1 fully saturated rings. The molecule has 6 aromatic rings. The molecule has 10 nitrogen and oxygen atoms in total. The summed E-state index contributed by atoms with van der Waals surface area (Å²) in [6.07, 6.45) is 3.63. The van der Waals surface area contributed by atoms with Gasteiger partial charge in [0, 0.05) is 60.4 Å². The summed E-state index contributed by atoms with van der Waals surface area (Å²) in [6, 6.07) is 29.1. The summed E-state index contributed by atoms with van der Waals surface area (Å²) >= 11 is 0. The van der Waals surface area contributed by atoms with E-state index in [0.29, 0.717) is 18.5 Å². The van der Waals surface area contributed by atoms with Crippen LogP contribution in [-0.2, 0) is 21.1 Å². The number of fused-ring (bicyclic) bond motifs is 3. The highest BCUT2D eigenvalue weighted by Crippen LogP contribution is 2.34. The van der Waals surface area contributed by atoms with Crippen molar-refractivity contribution in [3.63, 3.8) is 0 Å². The average Bonchev–Trinajstić information content (AvgIpc) is 3.46. The second kappa shape index (κ2) is 12.6. The molecule has 11 heteroatoms. The molecule has 3 aromatic heterocycles. The highest BCUT2D eigenvalue weighted by Gasteiger charge is 2.23. The van der Waals surface area contributed by atoms with Crippen molar-refractivity contribution in [3.8, 4) is 22.4 Å². The molecule has 3 aromatic carbocycles. The van der Waals surface area contributed by atoms with Gasteiger partial charge < -0.3 is 4.74 Å². The van der Waals surface area contributed by atoms with Gasteiger partial charge in [-0.25, -0.2) is 23.2 Å². The Hall–Kier alpha value is -5.13. The third-order valence-electron chi connectivity index (χ3n) is 8.42. The zero-order chi connectivity index (χ0) is 32.5. The van der Waals surface area contributed by atoms with Gasteiger partial charge in [0.2, 0.25) is 0 Å². The van der Waals surface area contributed by atoms with Crippen molar-refractivity contribution >= 4 is 38.3 Å². The largest absolute Gasteiger partial charge is 0.446 e. The molecule has 0 bridgehead atoms.